The number of aromatic nitrogens is 1. The molecule has 1 aromatic heterocycles. The standard InChI is InChI=1S/C29H25ClN2O5/c1-17(23-5-3-4-6-24(23)30)36-28(35)31-25-18(2)37-32-26(25)21-9-7-19(8-10-21)20-11-13-22(14-12-20)29(15-16-29)27(33)34/h3-14,17H,15-16H2,1-2H3,(H,31,35)(H,33,34). The molecule has 1 aliphatic carbocycles. The Morgan fingerprint density at radius 2 is 1.59 bits per heavy atom. The van der Waals surface area contributed by atoms with Crippen LogP contribution in [0.25, 0.3) is 22.4 Å². The summed E-state index contributed by atoms with van der Waals surface area (Å²) in [4.78, 5) is 24.2. The van der Waals surface area contributed by atoms with Crippen LogP contribution < -0.4 is 5.32 Å². The summed E-state index contributed by atoms with van der Waals surface area (Å²) < 4.78 is 10.9. The van der Waals surface area contributed by atoms with Crippen LogP contribution in [0.1, 0.15) is 42.8 Å². The van der Waals surface area contributed by atoms with Crippen LogP contribution in [-0.2, 0) is 14.9 Å². The SMILES string of the molecule is Cc1onc(-c2ccc(-c3ccc(C4(C(=O)O)CC4)cc3)cc2)c1NC(=O)OC(C)c1ccccc1Cl. The first-order valence-electron chi connectivity index (χ1n) is 11.9. The minimum Gasteiger partial charge on any atom is -0.481 e. The third-order valence-electron chi connectivity index (χ3n) is 6.81. The van der Waals surface area contributed by atoms with E-state index < -0.39 is 23.6 Å². The number of aryl methyl sites for hydroxylation is 1. The van der Waals surface area contributed by atoms with Crippen molar-refractivity contribution >= 4 is 29.4 Å². The molecular weight excluding hydrogens is 492 g/mol. The summed E-state index contributed by atoms with van der Waals surface area (Å²) in [6.45, 7) is 3.46. The molecule has 8 heteroatoms. The van der Waals surface area contributed by atoms with Gasteiger partial charge < -0.3 is 14.4 Å². The number of aliphatic carboxylic acids is 1. The van der Waals surface area contributed by atoms with Crippen molar-refractivity contribution < 1.29 is 24.0 Å². The first kappa shape index (κ1) is 24.6. The smallest absolute Gasteiger partial charge is 0.412 e. The van der Waals surface area contributed by atoms with E-state index in [1.165, 1.54) is 0 Å². The predicted molar refractivity (Wildman–Crippen MR) is 141 cm³/mol. The van der Waals surface area contributed by atoms with Crippen LogP contribution in [0.2, 0.25) is 5.02 Å². The molecule has 0 aliphatic heterocycles. The van der Waals surface area contributed by atoms with Gasteiger partial charge in [-0.05, 0) is 49.4 Å². The van der Waals surface area contributed by atoms with Crippen LogP contribution >= 0.6 is 11.6 Å². The number of carboxylic acids is 1. The van der Waals surface area contributed by atoms with Crippen molar-refractivity contribution in [1.82, 2.24) is 5.16 Å². The Kier molecular flexibility index (Phi) is 6.48. The number of hydrogen-bond donors (Lipinski definition) is 2. The average molecular weight is 517 g/mol. The molecule has 0 saturated heterocycles. The number of amides is 1. The van der Waals surface area contributed by atoms with E-state index in [0.29, 0.717) is 40.6 Å². The van der Waals surface area contributed by atoms with Crippen molar-refractivity contribution in [1.29, 1.82) is 0 Å². The Labute approximate surface area is 219 Å². The van der Waals surface area contributed by atoms with Crippen molar-refractivity contribution in [3.63, 3.8) is 0 Å². The summed E-state index contributed by atoms with van der Waals surface area (Å²) in [5.74, 6) is -0.316. The lowest BCUT2D eigenvalue weighted by Gasteiger charge is -2.15. The molecule has 0 radical (unpaired) electrons. The molecule has 7 nitrogen and oxygen atoms in total. The van der Waals surface area contributed by atoms with Gasteiger partial charge in [0.05, 0.1) is 5.41 Å². The molecule has 3 aromatic carbocycles. The van der Waals surface area contributed by atoms with Crippen LogP contribution in [0.4, 0.5) is 10.5 Å². The first-order chi connectivity index (χ1) is 17.8. The van der Waals surface area contributed by atoms with Gasteiger partial charge in [-0.1, -0.05) is 83.5 Å². The Hall–Kier alpha value is -4.10. The summed E-state index contributed by atoms with van der Waals surface area (Å²) in [7, 11) is 0. The summed E-state index contributed by atoms with van der Waals surface area (Å²) in [5.41, 5.74) is 4.44. The second-order valence-corrected chi connectivity index (χ2v) is 9.61. The number of halogens is 1. The second kappa shape index (κ2) is 9.75. The van der Waals surface area contributed by atoms with Crippen molar-refractivity contribution in [3.8, 4) is 22.4 Å². The molecule has 1 amide bonds. The van der Waals surface area contributed by atoms with Crippen molar-refractivity contribution in [2.75, 3.05) is 5.32 Å². The Balaban J connectivity index is 1.30. The maximum absolute atomic E-state index is 12.6. The molecular formula is C29H25ClN2O5. The van der Waals surface area contributed by atoms with Gasteiger partial charge in [0.15, 0.2) is 5.76 Å². The molecule has 188 valence electrons. The van der Waals surface area contributed by atoms with Gasteiger partial charge in [0.1, 0.15) is 17.5 Å². The minimum atomic E-state index is -0.765. The van der Waals surface area contributed by atoms with Crippen LogP contribution in [0.15, 0.2) is 77.3 Å². The van der Waals surface area contributed by atoms with Crippen molar-refractivity contribution in [3.05, 3.63) is 94.7 Å². The number of benzene rings is 3. The van der Waals surface area contributed by atoms with Gasteiger partial charge in [0.25, 0.3) is 0 Å². The van der Waals surface area contributed by atoms with E-state index in [-0.39, 0.29) is 0 Å². The Morgan fingerprint density at radius 3 is 2.19 bits per heavy atom. The zero-order valence-electron chi connectivity index (χ0n) is 20.3. The highest BCUT2D eigenvalue weighted by atomic mass is 35.5. The lowest BCUT2D eigenvalue weighted by molar-refractivity contribution is -0.140. The molecule has 1 fully saturated rings. The summed E-state index contributed by atoms with van der Waals surface area (Å²) in [5, 5.41) is 16.9. The normalized spacial score (nSPS) is 14.6. The molecule has 1 saturated carbocycles. The maximum Gasteiger partial charge on any atom is 0.412 e. The quantitative estimate of drug-likeness (QED) is 0.265. The lowest BCUT2D eigenvalue weighted by atomic mass is 9.93. The third-order valence-corrected chi connectivity index (χ3v) is 7.15. The molecule has 5 rings (SSSR count). The highest BCUT2D eigenvalue weighted by Crippen LogP contribution is 2.48. The summed E-state index contributed by atoms with van der Waals surface area (Å²) in [6.07, 6.45) is 0.159. The fourth-order valence-corrected chi connectivity index (χ4v) is 4.72. The van der Waals surface area contributed by atoms with Crippen molar-refractivity contribution in [2.24, 2.45) is 0 Å². The highest BCUT2D eigenvalue weighted by molar-refractivity contribution is 6.31. The molecule has 4 aromatic rings. The van der Waals surface area contributed by atoms with E-state index in [0.717, 1.165) is 22.3 Å². The number of carbonyl (C=O) groups is 2. The van der Waals surface area contributed by atoms with E-state index in [1.807, 2.05) is 66.7 Å². The first-order valence-corrected chi connectivity index (χ1v) is 12.3. The molecule has 1 heterocycles. The van der Waals surface area contributed by atoms with Gasteiger partial charge in [-0.25, -0.2) is 4.79 Å². The van der Waals surface area contributed by atoms with Gasteiger partial charge in [-0.15, -0.1) is 0 Å². The molecule has 37 heavy (non-hydrogen) atoms. The van der Waals surface area contributed by atoms with Crippen LogP contribution in [0.5, 0.6) is 0 Å². The number of ether oxygens (including phenoxy) is 1. The zero-order valence-corrected chi connectivity index (χ0v) is 21.1. The number of anilines is 1. The predicted octanol–water partition coefficient (Wildman–Crippen LogP) is 7.40. The van der Waals surface area contributed by atoms with Crippen LogP contribution in [0.3, 0.4) is 0 Å². The molecule has 0 bridgehead atoms. The van der Waals surface area contributed by atoms with Gasteiger partial charge in [0.2, 0.25) is 0 Å². The fourth-order valence-electron chi connectivity index (χ4n) is 4.43. The molecule has 2 N–H and O–H groups in total. The number of nitrogens with one attached hydrogen (secondary N) is 1. The Bertz CT molecular complexity index is 1460. The lowest BCUT2D eigenvalue weighted by Crippen LogP contribution is -2.19. The Morgan fingerprint density at radius 1 is 1.00 bits per heavy atom. The van der Waals surface area contributed by atoms with E-state index in [1.54, 1.807) is 19.9 Å². The maximum atomic E-state index is 12.6. The van der Waals surface area contributed by atoms with Crippen molar-refractivity contribution in [2.45, 2.75) is 38.2 Å². The number of carboxylic acid groups (broad SMARTS) is 1. The van der Waals surface area contributed by atoms with Gasteiger partial charge in [-0.3, -0.25) is 10.1 Å². The van der Waals surface area contributed by atoms with E-state index in [9.17, 15) is 14.7 Å². The largest absolute Gasteiger partial charge is 0.481 e. The summed E-state index contributed by atoms with van der Waals surface area (Å²) >= 11 is 6.22. The second-order valence-electron chi connectivity index (χ2n) is 9.20. The zero-order chi connectivity index (χ0) is 26.2. The van der Waals surface area contributed by atoms with E-state index >= 15 is 0 Å². The van der Waals surface area contributed by atoms with E-state index in [2.05, 4.69) is 10.5 Å². The van der Waals surface area contributed by atoms with Gasteiger partial charge in [-0.2, -0.15) is 0 Å². The number of rotatable bonds is 7. The van der Waals surface area contributed by atoms with E-state index in [4.69, 9.17) is 20.9 Å². The number of carbonyl (C=O) groups excluding carboxylic acids is 1. The van der Waals surface area contributed by atoms with Gasteiger partial charge >= 0.3 is 12.1 Å². The topological polar surface area (TPSA) is 102 Å². The summed E-state index contributed by atoms with van der Waals surface area (Å²) in [6, 6.07) is 22.5. The van der Waals surface area contributed by atoms with Crippen LogP contribution in [-0.4, -0.2) is 22.3 Å². The average Bonchev–Trinajstić information content (AvgIpc) is 3.64. The number of nitrogens with zero attached hydrogens (tertiary/aromatic N) is 1. The van der Waals surface area contributed by atoms with Gasteiger partial charge in [0, 0.05) is 16.1 Å². The molecule has 1 aliphatic rings. The third kappa shape index (κ3) is 4.82. The van der Waals surface area contributed by atoms with Crippen LogP contribution in [0, 0.1) is 6.92 Å². The molecule has 1 atom stereocenters. The molecule has 1 unspecified atom stereocenters. The fraction of sp³-hybridized carbons (Fsp3) is 0.207. The molecule has 0 spiro atoms. The highest BCUT2D eigenvalue weighted by Gasteiger charge is 2.51. The minimum absolute atomic E-state index is 0.428. The monoisotopic (exact) mass is 516 g/mol. The number of hydrogen-bond acceptors (Lipinski definition) is 5.